The highest BCUT2D eigenvalue weighted by molar-refractivity contribution is 6.30. The third-order valence-electron chi connectivity index (χ3n) is 4.71. The molecule has 0 aliphatic heterocycles. The Morgan fingerprint density at radius 1 is 1.05 bits per heavy atom. The zero-order chi connectivity index (χ0) is 15.0. The van der Waals surface area contributed by atoms with Crippen LogP contribution in [0.5, 0.6) is 0 Å². The van der Waals surface area contributed by atoms with Gasteiger partial charge in [0.15, 0.2) is 0 Å². The molecule has 0 amide bonds. The minimum Gasteiger partial charge on any atom is -0.311 e. The maximum absolute atomic E-state index is 12.8. The van der Waals surface area contributed by atoms with Gasteiger partial charge >= 0.3 is 6.18 Å². The van der Waals surface area contributed by atoms with Crippen molar-refractivity contribution in [3.8, 4) is 0 Å². The molecule has 2 aliphatic rings. The van der Waals surface area contributed by atoms with Crippen molar-refractivity contribution in [3.63, 3.8) is 0 Å². The maximum Gasteiger partial charge on any atom is 0.391 e. The van der Waals surface area contributed by atoms with E-state index in [1.807, 2.05) is 18.2 Å². The zero-order valence-electron chi connectivity index (χ0n) is 11.7. The van der Waals surface area contributed by atoms with Crippen molar-refractivity contribution in [2.24, 2.45) is 5.92 Å². The monoisotopic (exact) mass is 317 g/mol. The summed E-state index contributed by atoms with van der Waals surface area (Å²) < 4.78 is 38.5. The van der Waals surface area contributed by atoms with E-state index in [0.29, 0.717) is 6.42 Å². The average molecular weight is 318 g/mol. The van der Waals surface area contributed by atoms with Gasteiger partial charge in [-0.05, 0) is 55.4 Å². The molecule has 0 heterocycles. The van der Waals surface area contributed by atoms with Gasteiger partial charge in [-0.25, -0.2) is 0 Å². The van der Waals surface area contributed by atoms with Crippen molar-refractivity contribution in [2.45, 2.75) is 56.8 Å². The number of halogens is 4. The van der Waals surface area contributed by atoms with Gasteiger partial charge in [0.25, 0.3) is 0 Å². The predicted octanol–water partition coefficient (Wildman–Crippen LogP) is 4.52. The molecule has 1 aromatic rings. The Labute approximate surface area is 127 Å². The van der Waals surface area contributed by atoms with Crippen molar-refractivity contribution in [1.29, 1.82) is 0 Å². The van der Waals surface area contributed by atoms with Crippen LogP contribution in [-0.2, 0) is 12.8 Å². The van der Waals surface area contributed by atoms with Crippen LogP contribution in [0.25, 0.3) is 0 Å². The SMILES string of the molecule is FC(F)(F)C1CCCC(NC2Cc3ccc(Cl)cc3C2)C1. The van der Waals surface area contributed by atoms with Gasteiger partial charge in [0.2, 0.25) is 0 Å². The van der Waals surface area contributed by atoms with Crippen LogP contribution in [0, 0.1) is 5.92 Å². The van der Waals surface area contributed by atoms with E-state index in [2.05, 4.69) is 5.32 Å². The van der Waals surface area contributed by atoms with Gasteiger partial charge in [-0.3, -0.25) is 0 Å². The molecule has 1 aromatic carbocycles. The van der Waals surface area contributed by atoms with Crippen molar-refractivity contribution < 1.29 is 13.2 Å². The second-order valence-corrected chi connectivity index (χ2v) is 6.72. The summed E-state index contributed by atoms with van der Waals surface area (Å²) in [5.74, 6) is -1.14. The lowest BCUT2D eigenvalue weighted by atomic mass is 9.85. The highest BCUT2D eigenvalue weighted by Gasteiger charge is 2.42. The fraction of sp³-hybridized carbons (Fsp3) is 0.625. The molecule has 1 N–H and O–H groups in total. The molecular formula is C16H19ClF3N. The molecule has 5 heteroatoms. The number of alkyl halides is 3. The molecule has 3 unspecified atom stereocenters. The van der Waals surface area contributed by atoms with E-state index in [9.17, 15) is 13.2 Å². The van der Waals surface area contributed by atoms with Crippen LogP contribution in [0.15, 0.2) is 18.2 Å². The average Bonchev–Trinajstić information content (AvgIpc) is 2.79. The number of fused-ring (bicyclic) bond motifs is 1. The van der Waals surface area contributed by atoms with Crippen LogP contribution < -0.4 is 5.32 Å². The van der Waals surface area contributed by atoms with E-state index in [0.717, 1.165) is 24.3 Å². The maximum atomic E-state index is 12.8. The Balaban J connectivity index is 1.59. The number of nitrogens with one attached hydrogen (secondary N) is 1. The summed E-state index contributed by atoms with van der Waals surface area (Å²) >= 11 is 5.99. The first-order valence-electron chi connectivity index (χ1n) is 7.52. The third kappa shape index (κ3) is 3.54. The molecule has 1 nitrogen and oxygen atoms in total. The van der Waals surface area contributed by atoms with Gasteiger partial charge in [0.1, 0.15) is 0 Å². The summed E-state index contributed by atoms with van der Waals surface area (Å²) in [6.45, 7) is 0. The fourth-order valence-electron chi connectivity index (χ4n) is 3.68. The van der Waals surface area contributed by atoms with Crippen molar-refractivity contribution in [2.75, 3.05) is 0 Å². The summed E-state index contributed by atoms with van der Waals surface area (Å²) in [5.41, 5.74) is 2.49. The molecule has 0 radical (unpaired) electrons. The topological polar surface area (TPSA) is 12.0 Å². The van der Waals surface area contributed by atoms with Gasteiger partial charge in [-0.1, -0.05) is 24.1 Å². The molecule has 2 aliphatic carbocycles. The number of hydrogen-bond acceptors (Lipinski definition) is 1. The zero-order valence-corrected chi connectivity index (χ0v) is 12.5. The minimum atomic E-state index is -4.05. The summed E-state index contributed by atoms with van der Waals surface area (Å²) in [6, 6.07) is 6.11. The van der Waals surface area contributed by atoms with Gasteiger partial charge in [0, 0.05) is 17.1 Å². The molecule has 3 rings (SSSR count). The van der Waals surface area contributed by atoms with Crippen LogP contribution in [0.3, 0.4) is 0 Å². The van der Waals surface area contributed by atoms with Gasteiger partial charge in [-0.15, -0.1) is 0 Å². The second-order valence-electron chi connectivity index (χ2n) is 6.29. The molecule has 0 spiro atoms. The van der Waals surface area contributed by atoms with Crippen LogP contribution in [0.4, 0.5) is 13.2 Å². The lowest BCUT2D eigenvalue weighted by molar-refractivity contribution is -0.183. The number of rotatable bonds is 2. The highest BCUT2D eigenvalue weighted by Crippen LogP contribution is 2.38. The lowest BCUT2D eigenvalue weighted by Gasteiger charge is -2.32. The Kier molecular flexibility index (Phi) is 4.19. The predicted molar refractivity (Wildman–Crippen MR) is 77.6 cm³/mol. The fourth-order valence-corrected chi connectivity index (χ4v) is 3.87. The highest BCUT2D eigenvalue weighted by atomic mass is 35.5. The van der Waals surface area contributed by atoms with Crippen LogP contribution in [0.1, 0.15) is 36.8 Å². The first kappa shape index (κ1) is 15.2. The Hall–Kier alpha value is -0.740. The Morgan fingerprint density at radius 3 is 2.57 bits per heavy atom. The van der Waals surface area contributed by atoms with Gasteiger partial charge in [-0.2, -0.15) is 13.2 Å². The van der Waals surface area contributed by atoms with E-state index in [4.69, 9.17) is 11.6 Å². The summed E-state index contributed by atoms with van der Waals surface area (Å²) in [5, 5.41) is 4.17. The second kappa shape index (κ2) is 5.81. The van der Waals surface area contributed by atoms with Crippen LogP contribution in [-0.4, -0.2) is 18.3 Å². The lowest BCUT2D eigenvalue weighted by Crippen LogP contribution is -2.44. The summed E-state index contributed by atoms with van der Waals surface area (Å²) in [4.78, 5) is 0. The molecular weight excluding hydrogens is 299 g/mol. The van der Waals surface area contributed by atoms with E-state index in [1.54, 1.807) is 0 Å². The number of hydrogen-bond donors (Lipinski definition) is 1. The van der Waals surface area contributed by atoms with Crippen LogP contribution >= 0.6 is 11.6 Å². The van der Waals surface area contributed by atoms with Crippen molar-refractivity contribution in [3.05, 3.63) is 34.3 Å². The molecule has 1 saturated carbocycles. The van der Waals surface area contributed by atoms with E-state index in [-0.39, 0.29) is 24.9 Å². The van der Waals surface area contributed by atoms with E-state index < -0.39 is 12.1 Å². The molecule has 3 atom stereocenters. The van der Waals surface area contributed by atoms with Crippen molar-refractivity contribution >= 4 is 11.6 Å². The standard InChI is InChI=1S/C16H19ClF3N/c17-13-5-4-10-7-15(8-11(10)6-13)21-14-3-1-2-12(9-14)16(18,19)20/h4-6,12,14-15,21H,1-3,7-9H2. The number of benzene rings is 1. The largest absolute Gasteiger partial charge is 0.391 e. The van der Waals surface area contributed by atoms with Crippen LogP contribution in [0.2, 0.25) is 5.02 Å². The molecule has 0 saturated heterocycles. The van der Waals surface area contributed by atoms with Crippen molar-refractivity contribution in [1.82, 2.24) is 5.32 Å². The summed E-state index contributed by atoms with van der Waals surface area (Å²) in [6.07, 6.45) is -0.290. The van der Waals surface area contributed by atoms with Gasteiger partial charge < -0.3 is 5.32 Å². The first-order valence-corrected chi connectivity index (χ1v) is 7.89. The quantitative estimate of drug-likeness (QED) is 0.845. The molecule has 116 valence electrons. The minimum absolute atomic E-state index is 0.0137. The van der Waals surface area contributed by atoms with E-state index >= 15 is 0 Å². The molecule has 21 heavy (non-hydrogen) atoms. The molecule has 1 fully saturated rings. The van der Waals surface area contributed by atoms with E-state index in [1.165, 1.54) is 11.1 Å². The smallest absolute Gasteiger partial charge is 0.311 e. The molecule has 0 bridgehead atoms. The Morgan fingerprint density at radius 2 is 1.81 bits per heavy atom. The third-order valence-corrected chi connectivity index (χ3v) is 4.94. The van der Waals surface area contributed by atoms with Gasteiger partial charge in [0.05, 0.1) is 5.92 Å². The normalized spacial score (nSPS) is 29.4. The molecule has 0 aromatic heterocycles. The Bertz CT molecular complexity index is 515. The summed E-state index contributed by atoms with van der Waals surface area (Å²) in [7, 11) is 0. The first-order chi connectivity index (χ1) is 9.91.